The van der Waals surface area contributed by atoms with Gasteiger partial charge in [0.05, 0.1) is 12.9 Å². The summed E-state index contributed by atoms with van der Waals surface area (Å²) >= 11 is 0. The molecule has 3 nitrogen and oxygen atoms in total. The summed E-state index contributed by atoms with van der Waals surface area (Å²) in [6, 6.07) is 2.06. The van der Waals surface area contributed by atoms with Gasteiger partial charge in [-0.2, -0.15) is 0 Å². The van der Waals surface area contributed by atoms with Crippen molar-refractivity contribution in [3.8, 4) is 0 Å². The van der Waals surface area contributed by atoms with Gasteiger partial charge in [0.15, 0.2) is 0 Å². The van der Waals surface area contributed by atoms with Crippen LogP contribution >= 0.6 is 0 Å². The summed E-state index contributed by atoms with van der Waals surface area (Å²) in [6.45, 7) is 4.55. The summed E-state index contributed by atoms with van der Waals surface area (Å²) in [5, 5.41) is 3.10. The lowest BCUT2D eigenvalue weighted by atomic mass is 9.85. The molecule has 1 aliphatic rings. The Morgan fingerprint density at radius 2 is 2.22 bits per heavy atom. The van der Waals surface area contributed by atoms with Gasteiger partial charge >= 0.3 is 0 Å². The first-order chi connectivity index (χ1) is 8.79. The van der Waals surface area contributed by atoms with Crippen LogP contribution in [0.3, 0.4) is 0 Å². The van der Waals surface area contributed by atoms with Gasteiger partial charge in [-0.1, -0.05) is 19.1 Å². The molecular weight excluding hydrogens is 226 g/mol. The van der Waals surface area contributed by atoms with E-state index in [1.165, 1.54) is 12.0 Å². The number of rotatable bonds is 6. The molecule has 2 atom stereocenters. The van der Waals surface area contributed by atoms with E-state index in [1.807, 2.05) is 7.05 Å². The van der Waals surface area contributed by atoms with Crippen molar-refractivity contribution in [3.63, 3.8) is 0 Å². The third-order valence-corrected chi connectivity index (χ3v) is 3.58. The molecule has 3 heteroatoms. The summed E-state index contributed by atoms with van der Waals surface area (Å²) in [4.78, 5) is 0. The molecule has 0 aliphatic heterocycles. The Kier molecular flexibility index (Phi) is 5.02. The van der Waals surface area contributed by atoms with Crippen molar-refractivity contribution in [1.82, 2.24) is 5.32 Å². The number of nitrogens with one attached hydrogen (secondary N) is 1. The molecule has 1 heterocycles. The maximum absolute atomic E-state index is 5.77. The van der Waals surface area contributed by atoms with Crippen LogP contribution < -0.4 is 5.32 Å². The minimum absolute atomic E-state index is 0.580. The van der Waals surface area contributed by atoms with E-state index in [0.29, 0.717) is 12.5 Å². The van der Waals surface area contributed by atoms with Crippen molar-refractivity contribution in [3.05, 3.63) is 35.8 Å². The van der Waals surface area contributed by atoms with Gasteiger partial charge in [0.2, 0.25) is 0 Å². The Hall–Kier alpha value is -1.06. The summed E-state index contributed by atoms with van der Waals surface area (Å²) < 4.78 is 11.2. The van der Waals surface area contributed by atoms with Crippen LogP contribution in [-0.4, -0.2) is 13.7 Å². The largest absolute Gasteiger partial charge is 0.467 e. The highest BCUT2D eigenvalue weighted by Gasteiger charge is 2.18. The van der Waals surface area contributed by atoms with Gasteiger partial charge in [-0.15, -0.1) is 0 Å². The van der Waals surface area contributed by atoms with Crippen LogP contribution in [0.15, 0.2) is 28.9 Å². The quantitative estimate of drug-likeness (QED) is 0.787. The van der Waals surface area contributed by atoms with E-state index >= 15 is 0 Å². The molecule has 0 fully saturated rings. The van der Waals surface area contributed by atoms with Gasteiger partial charge in [-0.25, -0.2) is 0 Å². The van der Waals surface area contributed by atoms with Gasteiger partial charge in [0.25, 0.3) is 0 Å². The summed E-state index contributed by atoms with van der Waals surface area (Å²) in [5.41, 5.74) is 1.17. The van der Waals surface area contributed by atoms with Crippen LogP contribution in [-0.2, 0) is 17.9 Å². The maximum Gasteiger partial charge on any atom is 0.129 e. The van der Waals surface area contributed by atoms with Crippen LogP contribution in [0.25, 0.3) is 0 Å². The second-order valence-corrected chi connectivity index (χ2v) is 5.15. The molecule has 0 bridgehead atoms. The molecule has 0 aromatic carbocycles. The lowest BCUT2D eigenvalue weighted by molar-refractivity contribution is 0.0583. The zero-order valence-electron chi connectivity index (χ0n) is 11.3. The molecule has 2 rings (SSSR count). The monoisotopic (exact) mass is 249 g/mol. The predicted molar refractivity (Wildman–Crippen MR) is 72.2 cm³/mol. The van der Waals surface area contributed by atoms with Gasteiger partial charge in [-0.05, 0) is 37.8 Å². The molecule has 0 radical (unpaired) electrons. The highest BCUT2D eigenvalue weighted by Crippen LogP contribution is 2.25. The molecule has 1 aromatic rings. The lowest BCUT2D eigenvalue weighted by Crippen LogP contribution is -2.19. The lowest BCUT2D eigenvalue weighted by Gasteiger charge is -2.24. The third kappa shape index (κ3) is 3.72. The molecule has 18 heavy (non-hydrogen) atoms. The van der Waals surface area contributed by atoms with Crippen molar-refractivity contribution < 1.29 is 9.15 Å². The number of ether oxygens (including phenoxy) is 1. The van der Waals surface area contributed by atoms with Gasteiger partial charge in [-0.3, -0.25) is 0 Å². The summed E-state index contributed by atoms with van der Waals surface area (Å²) in [5.74, 6) is 2.30. The fourth-order valence-electron chi connectivity index (χ4n) is 2.35. The van der Waals surface area contributed by atoms with Gasteiger partial charge < -0.3 is 14.5 Å². The van der Waals surface area contributed by atoms with E-state index in [9.17, 15) is 0 Å². The Morgan fingerprint density at radius 1 is 1.39 bits per heavy atom. The fraction of sp³-hybridized carbons (Fsp3) is 0.600. The number of hydrogen-bond donors (Lipinski definition) is 1. The second-order valence-electron chi connectivity index (χ2n) is 5.15. The van der Waals surface area contributed by atoms with Gasteiger partial charge in [0, 0.05) is 12.1 Å². The first-order valence-corrected chi connectivity index (χ1v) is 6.73. The molecule has 1 aromatic heterocycles. The molecule has 0 spiro atoms. The first kappa shape index (κ1) is 13.4. The number of furan rings is 1. The fourth-order valence-corrected chi connectivity index (χ4v) is 2.35. The molecule has 0 saturated heterocycles. The van der Waals surface area contributed by atoms with E-state index < -0.39 is 0 Å². The molecule has 2 unspecified atom stereocenters. The van der Waals surface area contributed by atoms with Crippen LogP contribution in [0.5, 0.6) is 0 Å². The van der Waals surface area contributed by atoms with Crippen LogP contribution in [0.2, 0.25) is 0 Å². The average Bonchev–Trinajstić information content (AvgIpc) is 2.80. The Morgan fingerprint density at radius 3 is 3.00 bits per heavy atom. The van der Waals surface area contributed by atoms with Gasteiger partial charge in [0.1, 0.15) is 12.4 Å². The Balaban J connectivity index is 1.72. The highest BCUT2D eigenvalue weighted by molar-refractivity contribution is 5.11. The topological polar surface area (TPSA) is 34.4 Å². The van der Waals surface area contributed by atoms with Crippen molar-refractivity contribution in [2.24, 2.45) is 11.8 Å². The van der Waals surface area contributed by atoms with Crippen LogP contribution in [0, 0.1) is 11.8 Å². The molecule has 100 valence electrons. The number of hydrogen-bond acceptors (Lipinski definition) is 3. The smallest absolute Gasteiger partial charge is 0.129 e. The molecular formula is C15H23NO2. The highest BCUT2D eigenvalue weighted by atomic mass is 16.5. The average molecular weight is 249 g/mol. The van der Waals surface area contributed by atoms with Crippen molar-refractivity contribution in [2.45, 2.75) is 32.9 Å². The minimum Gasteiger partial charge on any atom is -0.467 e. The van der Waals surface area contributed by atoms with Crippen molar-refractivity contribution in [1.29, 1.82) is 0 Å². The molecule has 0 amide bonds. The molecule has 1 N–H and O–H groups in total. The van der Waals surface area contributed by atoms with E-state index in [-0.39, 0.29) is 0 Å². The minimum atomic E-state index is 0.580. The molecule has 0 saturated carbocycles. The zero-order valence-corrected chi connectivity index (χ0v) is 11.3. The van der Waals surface area contributed by atoms with E-state index in [1.54, 1.807) is 6.26 Å². The number of allylic oxidation sites excluding steroid dienone is 2. The zero-order chi connectivity index (χ0) is 12.8. The Bertz CT molecular complexity index is 384. The van der Waals surface area contributed by atoms with E-state index in [0.717, 1.165) is 31.3 Å². The van der Waals surface area contributed by atoms with Crippen molar-refractivity contribution in [2.75, 3.05) is 13.7 Å². The van der Waals surface area contributed by atoms with Crippen LogP contribution in [0.1, 0.15) is 31.1 Å². The third-order valence-electron chi connectivity index (χ3n) is 3.58. The Labute approximate surface area is 109 Å². The maximum atomic E-state index is 5.77. The van der Waals surface area contributed by atoms with E-state index in [4.69, 9.17) is 9.15 Å². The van der Waals surface area contributed by atoms with E-state index in [2.05, 4.69) is 30.5 Å². The second kappa shape index (κ2) is 6.76. The standard InChI is InChI=1S/C15H23NO2/c1-12-5-3-4-6-14(12)10-17-11-15-7-13(8-16-2)9-18-15/h3-4,7,9,12,14,16H,5-6,8,10-11H2,1-2H3. The molecule has 1 aliphatic carbocycles. The SMILES string of the molecule is CNCc1coc(COCC2CC=CCC2C)c1. The normalized spacial score (nSPS) is 23.4. The first-order valence-electron chi connectivity index (χ1n) is 6.73. The predicted octanol–water partition coefficient (Wildman–Crippen LogP) is 3.12. The summed E-state index contributed by atoms with van der Waals surface area (Å²) in [7, 11) is 1.93. The van der Waals surface area contributed by atoms with Crippen LogP contribution in [0.4, 0.5) is 0 Å². The van der Waals surface area contributed by atoms with Crippen molar-refractivity contribution >= 4 is 0 Å². The summed E-state index contributed by atoms with van der Waals surface area (Å²) in [6.07, 6.45) is 8.66.